The van der Waals surface area contributed by atoms with E-state index in [1.165, 1.54) is 11.3 Å². The molecule has 0 bridgehead atoms. The molecule has 8 heteroatoms. The van der Waals surface area contributed by atoms with Gasteiger partial charge in [0.25, 0.3) is 0 Å². The van der Waals surface area contributed by atoms with Crippen molar-refractivity contribution in [2.75, 3.05) is 5.32 Å². The maximum atomic E-state index is 11.9. The Labute approximate surface area is 163 Å². The van der Waals surface area contributed by atoms with Crippen molar-refractivity contribution in [2.45, 2.75) is 6.54 Å². The summed E-state index contributed by atoms with van der Waals surface area (Å²) in [6, 6.07) is 9.58. The van der Waals surface area contributed by atoms with Crippen molar-refractivity contribution in [3.63, 3.8) is 0 Å². The highest BCUT2D eigenvalue weighted by atomic mass is 32.1. The Morgan fingerprint density at radius 3 is 2.89 bits per heavy atom. The highest BCUT2D eigenvalue weighted by Gasteiger charge is 2.08. The van der Waals surface area contributed by atoms with Crippen LogP contribution in [0, 0.1) is 12.3 Å². The molecule has 3 heterocycles. The minimum absolute atomic E-state index is 0.309. The Hall–Kier alpha value is -3.28. The Morgan fingerprint density at radius 2 is 2.11 bits per heavy atom. The van der Waals surface area contributed by atoms with E-state index >= 15 is 0 Å². The van der Waals surface area contributed by atoms with Gasteiger partial charge in [-0.2, -0.15) is 0 Å². The summed E-state index contributed by atoms with van der Waals surface area (Å²) in [6.07, 6.45) is 7.07. The number of pyridine rings is 1. The second-order valence-electron chi connectivity index (χ2n) is 5.53. The SMILES string of the molecule is C#Cc1nc(NC(=O)NCc2ccc(-c3cccc4ncsc34)cn2)cs1. The number of thiazole rings is 2. The summed E-state index contributed by atoms with van der Waals surface area (Å²) in [5.41, 5.74) is 5.70. The molecule has 0 spiro atoms. The van der Waals surface area contributed by atoms with Crippen molar-refractivity contribution in [1.82, 2.24) is 20.3 Å². The van der Waals surface area contributed by atoms with Crippen LogP contribution in [0.15, 0.2) is 47.4 Å². The van der Waals surface area contributed by atoms with Gasteiger partial charge < -0.3 is 5.32 Å². The molecule has 2 N–H and O–H groups in total. The van der Waals surface area contributed by atoms with Crippen LogP contribution in [0.2, 0.25) is 0 Å². The van der Waals surface area contributed by atoms with Crippen LogP contribution in [0.25, 0.3) is 21.3 Å². The van der Waals surface area contributed by atoms with Crippen molar-refractivity contribution in [3.05, 3.63) is 58.1 Å². The largest absolute Gasteiger partial charge is 0.332 e. The fraction of sp³-hybridized carbons (Fsp3) is 0.0526. The molecule has 1 aromatic carbocycles. The van der Waals surface area contributed by atoms with Gasteiger partial charge in [0, 0.05) is 22.7 Å². The molecule has 4 aromatic rings. The third-order valence-corrected chi connectivity index (χ3v) is 5.44. The van der Waals surface area contributed by atoms with Crippen molar-refractivity contribution in [2.24, 2.45) is 0 Å². The number of nitrogens with one attached hydrogen (secondary N) is 2. The molecule has 0 atom stereocenters. The van der Waals surface area contributed by atoms with Gasteiger partial charge in [-0.05, 0) is 18.1 Å². The third-order valence-electron chi connectivity index (χ3n) is 3.79. The number of amides is 2. The molecule has 0 aliphatic rings. The van der Waals surface area contributed by atoms with E-state index in [1.807, 2.05) is 36.0 Å². The van der Waals surface area contributed by atoms with Crippen molar-refractivity contribution >= 4 is 44.7 Å². The fourth-order valence-corrected chi connectivity index (χ4v) is 3.91. The molecule has 4 rings (SSSR count). The molecule has 6 nitrogen and oxygen atoms in total. The lowest BCUT2D eigenvalue weighted by Gasteiger charge is -2.07. The number of fused-ring (bicyclic) bond motifs is 1. The molecular weight excluding hydrogens is 378 g/mol. The van der Waals surface area contributed by atoms with E-state index in [9.17, 15) is 4.79 Å². The number of carbonyl (C=O) groups is 1. The normalized spacial score (nSPS) is 10.5. The van der Waals surface area contributed by atoms with Gasteiger partial charge in [0.1, 0.15) is 5.82 Å². The monoisotopic (exact) mass is 391 g/mol. The molecule has 132 valence electrons. The maximum absolute atomic E-state index is 11.9. The van der Waals surface area contributed by atoms with Gasteiger partial charge >= 0.3 is 6.03 Å². The number of hydrogen-bond acceptors (Lipinski definition) is 6. The van der Waals surface area contributed by atoms with E-state index in [1.54, 1.807) is 16.7 Å². The molecular formula is C19H13N5OS2. The number of terminal acetylenes is 1. The standard InChI is InChI=1S/C19H13N5OS2/c1-2-17-23-16(10-26-17)24-19(25)21-9-13-7-6-12(8-20-13)14-4-3-5-15-18(14)27-11-22-15/h1,3-8,10-11H,9H2,(H2,21,24,25). The minimum atomic E-state index is -0.357. The molecule has 27 heavy (non-hydrogen) atoms. The second kappa shape index (κ2) is 7.53. The molecule has 0 saturated carbocycles. The lowest BCUT2D eigenvalue weighted by atomic mass is 10.1. The van der Waals surface area contributed by atoms with Gasteiger partial charge in [-0.25, -0.2) is 14.8 Å². The van der Waals surface area contributed by atoms with Gasteiger partial charge in [0.05, 0.1) is 28.0 Å². The number of nitrogens with zero attached hydrogens (tertiary/aromatic N) is 3. The van der Waals surface area contributed by atoms with Crippen LogP contribution in [0.4, 0.5) is 10.6 Å². The first kappa shape index (κ1) is 17.1. The summed E-state index contributed by atoms with van der Waals surface area (Å²) in [5, 5.41) is 7.62. The number of hydrogen-bond donors (Lipinski definition) is 2. The van der Waals surface area contributed by atoms with Crippen LogP contribution in [0.1, 0.15) is 10.7 Å². The summed E-state index contributed by atoms with van der Waals surface area (Å²) in [4.78, 5) is 24.8. The Balaban J connectivity index is 1.40. The van der Waals surface area contributed by atoms with Crippen molar-refractivity contribution in [3.8, 4) is 23.5 Å². The Kier molecular flexibility index (Phi) is 4.78. The van der Waals surface area contributed by atoms with Gasteiger partial charge in [-0.15, -0.1) is 29.1 Å². The van der Waals surface area contributed by atoms with Crippen LogP contribution in [-0.2, 0) is 6.54 Å². The predicted molar refractivity (Wildman–Crippen MR) is 109 cm³/mol. The average Bonchev–Trinajstić information content (AvgIpc) is 3.35. The quantitative estimate of drug-likeness (QED) is 0.513. The van der Waals surface area contributed by atoms with Gasteiger partial charge in [-0.1, -0.05) is 18.2 Å². The van der Waals surface area contributed by atoms with Crippen LogP contribution >= 0.6 is 22.7 Å². The van der Waals surface area contributed by atoms with E-state index in [4.69, 9.17) is 6.42 Å². The van der Waals surface area contributed by atoms with Crippen LogP contribution in [0.3, 0.4) is 0 Å². The summed E-state index contributed by atoms with van der Waals surface area (Å²) in [6.45, 7) is 0.309. The van der Waals surface area contributed by atoms with Gasteiger partial charge in [-0.3, -0.25) is 10.3 Å². The minimum Gasteiger partial charge on any atom is -0.332 e. The van der Waals surface area contributed by atoms with E-state index in [0.717, 1.165) is 27.0 Å². The van der Waals surface area contributed by atoms with E-state index in [0.29, 0.717) is 17.4 Å². The van der Waals surface area contributed by atoms with E-state index < -0.39 is 0 Å². The molecule has 3 aromatic heterocycles. The molecule has 0 saturated heterocycles. The Morgan fingerprint density at radius 1 is 1.19 bits per heavy atom. The number of urea groups is 1. The lowest BCUT2D eigenvalue weighted by Crippen LogP contribution is -2.28. The Bertz CT molecular complexity index is 1140. The number of aromatic nitrogens is 3. The van der Waals surface area contributed by atoms with Crippen molar-refractivity contribution in [1.29, 1.82) is 0 Å². The molecule has 0 radical (unpaired) electrons. The van der Waals surface area contributed by atoms with Crippen LogP contribution < -0.4 is 10.6 Å². The molecule has 0 unspecified atom stereocenters. The fourth-order valence-electron chi connectivity index (χ4n) is 2.53. The molecule has 2 amide bonds. The van der Waals surface area contributed by atoms with Crippen LogP contribution in [0.5, 0.6) is 0 Å². The topological polar surface area (TPSA) is 79.8 Å². The number of carbonyl (C=O) groups excluding carboxylic acids is 1. The highest BCUT2D eigenvalue weighted by Crippen LogP contribution is 2.30. The van der Waals surface area contributed by atoms with Crippen LogP contribution in [-0.4, -0.2) is 21.0 Å². The lowest BCUT2D eigenvalue weighted by molar-refractivity contribution is 0.251. The third kappa shape index (κ3) is 3.79. The first-order chi connectivity index (χ1) is 13.2. The van der Waals surface area contributed by atoms with E-state index in [-0.39, 0.29) is 6.03 Å². The van der Waals surface area contributed by atoms with Crippen molar-refractivity contribution < 1.29 is 4.79 Å². The summed E-state index contributed by atoms with van der Waals surface area (Å²) in [7, 11) is 0. The zero-order valence-electron chi connectivity index (χ0n) is 14.0. The second-order valence-corrected chi connectivity index (χ2v) is 7.25. The predicted octanol–water partition coefficient (Wildman–Crippen LogP) is 4.12. The highest BCUT2D eigenvalue weighted by molar-refractivity contribution is 7.17. The summed E-state index contributed by atoms with van der Waals surface area (Å²) >= 11 is 2.91. The number of benzene rings is 1. The average molecular weight is 391 g/mol. The van der Waals surface area contributed by atoms with E-state index in [2.05, 4.69) is 37.6 Å². The molecule has 0 aliphatic carbocycles. The maximum Gasteiger partial charge on any atom is 0.320 e. The summed E-state index contributed by atoms with van der Waals surface area (Å²) < 4.78 is 1.14. The molecule has 0 fully saturated rings. The van der Waals surface area contributed by atoms with Gasteiger partial charge in [0.2, 0.25) is 0 Å². The first-order valence-corrected chi connectivity index (χ1v) is 9.73. The first-order valence-electron chi connectivity index (χ1n) is 7.97. The molecule has 0 aliphatic heterocycles. The summed E-state index contributed by atoms with van der Waals surface area (Å²) in [5.74, 6) is 2.87. The smallest absolute Gasteiger partial charge is 0.320 e. The number of anilines is 1. The van der Waals surface area contributed by atoms with Gasteiger partial charge in [0.15, 0.2) is 5.01 Å². The zero-order valence-corrected chi connectivity index (χ0v) is 15.6. The number of rotatable bonds is 4. The zero-order chi connectivity index (χ0) is 18.6.